The maximum Gasteiger partial charge on any atom is 0.413 e. The highest BCUT2D eigenvalue weighted by molar-refractivity contribution is 8.00. The van der Waals surface area contributed by atoms with Crippen LogP contribution in [0.25, 0.3) is 0 Å². The number of nitrogens with one attached hydrogen (secondary N) is 2. The molecule has 1 aliphatic carbocycles. The van der Waals surface area contributed by atoms with Crippen molar-refractivity contribution in [3.05, 3.63) is 51.1 Å². The minimum atomic E-state index is -1.01. The molecule has 3 aliphatic rings. The van der Waals surface area contributed by atoms with Gasteiger partial charge in [-0.2, -0.15) is 0 Å². The SMILES string of the molecule is COc1ccc(COC(=O)C2=C(CCl)CSC3C(NC(=O)/C(=N/OC4(C)CC4)c4nc(NC(=O)OC(C)(C)C)sc4Cl)C(=O)N23)cc1. The van der Waals surface area contributed by atoms with E-state index in [1.54, 1.807) is 52.1 Å². The van der Waals surface area contributed by atoms with E-state index in [4.69, 9.17) is 42.3 Å². The zero-order chi connectivity index (χ0) is 34.1. The number of carbonyl (C=O) groups excluding carboxylic acids is 4. The Morgan fingerprint density at radius 3 is 2.51 bits per heavy atom. The summed E-state index contributed by atoms with van der Waals surface area (Å²) >= 11 is 14.9. The Labute approximate surface area is 289 Å². The molecule has 0 bridgehead atoms. The predicted octanol–water partition coefficient (Wildman–Crippen LogP) is 5.06. The van der Waals surface area contributed by atoms with Gasteiger partial charge < -0.3 is 24.4 Å². The molecule has 1 aromatic carbocycles. The Bertz CT molecular complexity index is 1640. The van der Waals surface area contributed by atoms with Gasteiger partial charge >= 0.3 is 12.1 Å². The van der Waals surface area contributed by atoms with Crippen LogP contribution in [0.2, 0.25) is 4.34 Å². The molecule has 1 saturated heterocycles. The van der Waals surface area contributed by atoms with E-state index in [0.717, 1.165) is 29.7 Å². The number of fused-ring (bicyclic) bond motifs is 1. The second kappa shape index (κ2) is 13.9. The van der Waals surface area contributed by atoms with E-state index in [1.165, 1.54) is 16.7 Å². The van der Waals surface area contributed by atoms with Crippen molar-refractivity contribution in [3.8, 4) is 5.75 Å². The average Bonchev–Trinajstić information content (AvgIpc) is 3.66. The number of β-lactam (4-membered cyclic amide) rings is 1. The summed E-state index contributed by atoms with van der Waals surface area (Å²) in [6.07, 6.45) is 0.725. The van der Waals surface area contributed by atoms with Gasteiger partial charge in [-0.05, 0) is 63.8 Å². The van der Waals surface area contributed by atoms with Gasteiger partial charge in [0.15, 0.2) is 10.8 Å². The second-order valence-corrected chi connectivity index (χ2v) is 15.1. The number of hydrogen-bond donors (Lipinski definition) is 2. The zero-order valence-electron chi connectivity index (χ0n) is 26.2. The summed E-state index contributed by atoms with van der Waals surface area (Å²) in [4.78, 5) is 63.9. The lowest BCUT2D eigenvalue weighted by atomic mass is 10.0. The minimum Gasteiger partial charge on any atom is -0.497 e. The molecule has 1 saturated carbocycles. The number of benzene rings is 1. The fraction of sp³-hybridized carbons (Fsp3) is 0.467. The zero-order valence-corrected chi connectivity index (χ0v) is 29.3. The average molecular weight is 727 g/mol. The largest absolute Gasteiger partial charge is 0.497 e. The number of thiazole rings is 1. The van der Waals surface area contributed by atoms with Crippen LogP contribution >= 0.6 is 46.3 Å². The van der Waals surface area contributed by atoms with Gasteiger partial charge in [0.05, 0.1) is 7.11 Å². The molecule has 47 heavy (non-hydrogen) atoms. The highest BCUT2D eigenvalue weighted by atomic mass is 35.5. The first-order valence-electron chi connectivity index (χ1n) is 14.5. The quantitative estimate of drug-likeness (QED) is 0.105. The molecule has 2 atom stereocenters. The van der Waals surface area contributed by atoms with Crippen molar-refractivity contribution in [2.45, 2.75) is 69.8 Å². The van der Waals surface area contributed by atoms with Crippen LogP contribution in [0.15, 0.2) is 40.7 Å². The van der Waals surface area contributed by atoms with Crippen molar-refractivity contribution in [2.75, 3.05) is 24.1 Å². The summed E-state index contributed by atoms with van der Waals surface area (Å²) in [6.45, 7) is 6.95. The van der Waals surface area contributed by atoms with Crippen molar-refractivity contribution in [1.82, 2.24) is 15.2 Å². The molecular weight excluding hydrogens is 693 g/mol. The van der Waals surface area contributed by atoms with Gasteiger partial charge in [0.2, 0.25) is 0 Å². The third-order valence-corrected chi connectivity index (χ3v) is 9.99. The third-order valence-electron chi connectivity index (χ3n) is 7.16. The number of hydrogen-bond acceptors (Lipinski definition) is 12. The van der Waals surface area contributed by atoms with Crippen LogP contribution in [0.3, 0.4) is 0 Å². The molecule has 2 aliphatic heterocycles. The molecule has 2 N–H and O–H groups in total. The summed E-state index contributed by atoms with van der Waals surface area (Å²) in [5.41, 5.74) is -0.283. The van der Waals surface area contributed by atoms with Crippen molar-refractivity contribution >= 4 is 81.0 Å². The topological polar surface area (TPSA) is 158 Å². The molecule has 3 amide bonds. The van der Waals surface area contributed by atoms with Crippen LogP contribution in [0.4, 0.5) is 9.93 Å². The number of nitrogens with zero attached hydrogens (tertiary/aromatic N) is 3. The lowest BCUT2D eigenvalue weighted by molar-refractivity contribution is -0.153. The van der Waals surface area contributed by atoms with Gasteiger partial charge in [-0.25, -0.2) is 14.6 Å². The Kier molecular flexibility index (Phi) is 10.3. The smallest absolute Gasteiger partial charge is 0.413 e. The number of aromatic nitrogens is 1. The summed E-state index contributed by atoms with van der Waals surface area (Å²) in [5.74, 6) is -0.984. The Morgan fingerprint density at radius 1 is 1.19 bits per heavy atom. The van der Waals surface area contributed by atoms with Crippen LogP contribution in [0.5, 0.6) is 5.75 Å². The molecule has 252 valence electrons. The number of anilines is 1. The number of halogens is 2. The number of rotatable bonds is 11. The van der Waals surface area contributed by atoms with Crippen molar-refractivity contribution in [3.63, 3.8) is 0 Å². The first kappa shape index (κ1) is 34.8. The van der Waals surface area contributed by atoms with Gasteiger partial charge in [0, 0.05) is 11.6 Å². The first-order chi connectivity index (χ1) is 22.2. The molecule has 17 heteroatoms. The highest BCUT2D eigenvalue weighted by Crippen LogP contribution is 2.42. The molecule has 2 fully saturated rings. The van der Waals surface area contributed by atoms with Crippen molar-refractivity contribution in [1.29, 1.82) is 0 Å². The maximum absolute atomic E-state index is 13.7. The summed E-state index contributed by atoms with van der Waals surface area (Å²) in [6, 6.07) is 6.02. The number of amides is 3. The second-order valence-electron chi connectivity index (χ2n) is 12.1. The van der Waals surface area contributed by atoms with Crippen LogP contribution in [-0.4, -0.2) is 80.8 Å². The lowest BCUT2D eigenvalue weighted by Crippen LogP contribution is -2.71. The number of oxime groups is 1. The van der Waals surface area contributed by atoms with Gasteiger partial charge in [-0.15, -0.1) is 23.4 Å². The van der Waals surface area contributed by atoms with Crippen LogP contribution in [0.1, 0.15) is 51.8 Å². The van der Waals surface area contributed by atoms with Crippen molar-refractivity contribution < 1.29 is 38.2 Å². The molecule has 13 nitrogen and oxygen atoms in total. The van der Waals surface area contributed by atoms with Crippen LogP contribution in [0, 0.1) is 0 Å². The van der Waals surface area contributed by atoms with Crippen molar-refractivity contribution in [2.24, 2.45) is 5.16 Å². The number of esters is 1. The Morgan fingerprint density at radius 2 is 1.89 bits per heavy atom. The van der Waals surface area contributed by atoms with E-state index >= 15 is 0 Å². The van der Waals surface area contributed by atoms with E-state index in [0.29, 0.717) is 17.1 Å². The number of methoxy groups -OCH3 is 1. The van der Waals surface area contributed by atoms with E-state index in [9.17, 15) is 19.2 Å². The molecule has 2 aromatic rings. The monoisotopic (exact) mass is 725 g/mol. The van der Waals surface area contributed by atoms with Crippen LogP contribution < -0.4 is 15.4 Å². The summed E-state index contributed by atoms with van der Waals surface area (Å²) in [7, 11) is 1.55. The fourth-order valence-corrected chi connectivity index (χ4v) is 7.14. The maximum atomic E-state index is 13.7. The van der Waals surface area contributed by atoms with E-state index in [2.05, 4.69) is 20.8 Å². The van der Waals surface area contributed by atoms with E-state index < -0.39 is 46.5 Å². The molecule has 5 rings (SSSR count). The highest BCUT2D eigenvalue weighted by Gasteiger charge is 2.55. The molecule has 0 radical (unpaired) electrons. The number of alkyl halides is 1. The van der Waals surface area contributed by atoms with Gasteiger partial charge in [0.25, 0.3) is 11.8 Å². The van der Waals surface area contributed by atoms with Gasteiger partial charge in [-0.3, -0.25) is 19.8 Å². The third kappa shape index (κ3) is 8.13. The molecule has 1 aromatic heterocycles. The lowest BCUT2D eigenvalue weighted by Gasteiger charge is -2.49. The number of carbonyl (C=O) groups is 4. The normalized spacial score (nSPS) is 20.1. The molecular formula is C30H33Cl2N5O8S2. The van der Waals surface area contributed by atoms with Gasteiger partial charge in [0.1, 0.15) is 50.7 Å². The predicted molar refractivity (Wildman–Crippen MR) is 178 cm³/mol. The fourth-order valence-electron chi connectivity index (χ4n) is 4.43. The summed E-state index contributed by atoms with van der Waals surface area (Å²) in [5, 5.41) is 8.76. The standard InChI is InChI=1S/C30H33Cl2N5O8S2/c1-29(2,3)44-28(41)35-27-34-18(22(32)47-27)19(36-45-30(4)10-11-30)23(38)33-20-24(39)37-21(16(12-31)14-46-25(20)37)26(40)43-13-15-6-8-17(42-5)9-7-15/h6-9,20,25H,10-14H2,1-5H3,(H,33,38)(H,34,35,41)/b36-19+. The van der Waals surface area contributed by atoms with E-state index in [-0.39, 0.29) is 39.1 Å². The number of ether oxygens (including phenoxy) is 3. The Balaban J connectivity index is 1.30. The molecule has 2 unspecified atom stereocenters. The van der Waals surface area contributed by atoms with E-state index in [1.807, 2.05) is 6.92 Å². The molecule has 0 spiro atoms. The summed E-state index contributed by atoms with van der Waals surface area (Å²) < 4.78 is 16.0. The molecule has 3 heterocycles. The minimum absolute atomic E-state index is 0.0163. The Hall–Kier alpha value is -3.53. The van der Waals surface area contributed by atoms with Crippen LogP contribution in [-0.2, 0) is 35.3 Å². The van der Waals surface area contributed by atoms with Gasteiger partial charge in [-0.1, -0.05) is 40.2 Å². The first-order valence-corrected chi connectivity index (χ1v) is 17.3. The number of thioether (sulfide) groups is 1.